The third-order valence-corrected chi connectivity index (χ3v) is 18.6. The van der Waals surface area contributed by atoms with Crippen LogP contribution in [0, 0.1) is 6.92 Å². The largest absolute Gasteiger partial charge is 0.311 e. The number of rotatable bonds is 4. The van der Waals surface area contributed by atoms with Crippen LogP contribution in [0.5, 0.6) is 0 Å². The molecule has 4 aliphatic rings. The van der Waals surface area contributed by atoms with E-state index in [1.54, 1.807) is 0 Å². The van der Waals surface area contributed by atoms with Crippen LogP contribution in [0.2, 0.25) is 0 Å². The second kappa shape index (κ2) is 16.6. The molecule has 0 saturated carbocycles. The van der Waals surface area contributed by atoms with E-state index in [9.17, 15) is 0 Å². The van der Waals surface area contributed by atoms with Crippen molar-refractivity contribution in [2.75, 3.05) is 9.80 Å². The van der Waals surface area contributed by atoms with Gasteiger partial charge in [0.05, 0.1) is 5.69 Å². The molecule has 2 nitrogen and oxygen atoms in total. The Morgan fingerprint density at radius 3 is 1.45 bits per heavy atom. The molecule has 0 N–H and O–H groups in total. The van der Waals surface area contributed by atoms with Crippen LogP contribution < -0.4 is 26.2 Å². The van der Waals surface area contributed by atoms with Crippen LogP contribution in [0.4, 0.5) is 34.1 Å². The van der Waals surface area contributed by atoms with Crippen LogP contribution in [-0.4, -0.2) is 6.71 Å². The Bertz CT molecular complexity index is 3410. The summed E-state index contributed by atoms with van der Waals surface area (Å²) in [7, 11) is 0. The van der Waals surface area contributed by atoms with Gasteiger partial charge in [0.25, 0.3) is 6.71 Å². The van der Waals surface area contributed by atoms with E-state index in [4.69, 9.17) is 0 Å². The van der Waals surface area contributed by atoms with Crippen molar-refractivity contribution in [2.45, 2.75) is 188 Å². The summed E-state index contributed by atoms with van der Waals surface area (Å²) in [6.45, 7) is 43.6. The van der Waals surface area contributed by atoms with Gasteiger partial charge >= 0.3 is 0 Å². The fraction of sp³-hybridized carbons (Fsp3) is 0.408. The van der Waals surface area contributed by atoms with Gasteiger partial charge in [-0.05, 0) is 191 Å². The van der Waals surface area contributed by atoms with Crippen LogP contribution in [-0.2, 0) is 37.9 Å². The van der Waals surface area contributed by atoms with Gasteiger partial charge < -0.3 is 9.80 Å². The first-order valence-corrected chi connectivity index (χ1v) is 28.0. The lowest BCUT2D eigenvalue weighted by Crippen LogP contribution is -2.62. The summed E-state index contributed by atoms with van der Waals surface area (Å²) >= 11 is 0. The van der Waals surface area contributed by atoms with Crippen molar-refractivity contribution in [2.24, 2.45) is 0 Å². The van der Waals surface area contributed by atoms with Gasteiger partial charge in [-0.25, -0.2) is 0 Å². The van der Waals surface area contributed by atoms with Crippen LogP contribution >= 0.6 is 0 Å². The topological polar surface area (TPSA) is 6.48 Å². The lowest BCUT2D eigenvalue weighted by molar-refractivity contribution is 0.332. The minimum atomic E-state index is -0.148. The van der Waals surface area contributed by atoms with Crippen LogP contribution in [0.3, 0.4) is 0 Å². The maximum absolute atomic E-state index is 2.76. The summed E-state index contributed by atoms with van der Waals surface area (Å²) in [5, 5.41) is 0. The number of hydrogen-bond acceptors (Lipinski definition) is 2. The van der Waals surface area contributed by atoms with Gasteiger partial charge in [-0.15, -0.1) is 0 Å². The summed E-state index contributed by atoms with van der Waals surface area (Å²) < 4.78 is 0. The van der Waals surface area contributed by atoms with Gasteiger partial charge in [-0.3, -0.25) is 0 Å². The summed E-state index contributed by atoms with van der Waals surface area (Å²) in [6.07, 6.45) is 4.70. The first-order chi connectivity index (χ1) is 34.5. The molecule has 2 heterocycles. The van der Waals surface area contributed by atoms with E-state index in [2.05, 4.69) is 262 Å². The van der Waals surface area contributed by atoms with Crippen molar-refractivity contribution in [3.05, 3.63) is 172 Å². The monoisotopic (exact) mass is 975 g/mol. The second-order valence-corrected chi connectivity index (χ2v) is 28.9. The predicted octanol–water partition coefficient (Wildman–Crippen LogP) is 18.0. The van der Waals surface area contributed by atoms with E-state index in [0.29, 0.717) is 0 Å². The number of fused-ring (bicyclic) bond motifs is 6. The van der Waals surface area contributed by atoms with E-state index in [1.807, 2.05) is 0 Å². The zero-order chi connectivity index (χ0) is 53.0. The van der Waals surface area contributed by atoms with Crippen molar-refractivity contribution in [1.82, 2.24) is 0 Å². The van der Waals surface area contributed by atoms with Gasteiger partial charge in [0.1, 0.15) is 0 Å². The molecule has 380 valence electrons. The molecule has 7 aromatic carbocycles. The molecule has 0 saturated heterocycles. The average Bonchev–Trinajstić information content (AvgIpc) is 3.33. The average molecular weight is 975 g/mol. The molecule has 0 fully saturated rings. The van der Waals surface area contributed by atoms with Crippen LogP contribution in [0.1, 0.15) is 188 Å². The maximum Gasteiger partial charge on any atom is 0.252 e. The molecule has 0 unspecified atom stereocenters. The summed E-state index contributed by atoms with van der Waals surface area (Å²) in [5.41, 5.74) is 28.2. The lowest BCUT2D eigenvalue weighted by atomic mass is 9.33. The van der Waals surface area contributed by atoms with E-state index in [1.165, 1.54) is 130 Å². The van der Waals surface area contributed by atoms with E-state index in [0.717, 1.165) is 12.8 Å². The van der Waals surface area contributed by atoms with Gasteiger partial charge in [0, 0.05) is 34.0 Å². The Labute approximate surface area is 447 Å². The fourth-order valence-corrected chi connectivity index (χ4v) is 13.3. The number of anilines is 6. The van der Waals surface area contributed by atoms with E-state index < -0.39 is 0 Å². The molecule has 7 aromatic rings. The third kappa shape index (κ3) is 8.12. The van der Waals surface area contributed by atoms with Crippen molar-refractivity contribution in [1.29, 1.82) is 0 Å². The standard InChI is InChI=1S/C71H83BN2/c1-44-24-25-46(45-22-20-19-21-23-45)37-59(44)74-60-39-49(66(5,6)7)27-30-56(60)72-57-42-54-55(71(17,18)35-34-70(54,15)16)43-61(57)73(62-40-50(67(8,9)10)41-63(74)64(62)72)58-31-28-48(65(2,3)4)38-51(58)47-26-29-52-53(36-47)69(13,14)33-32-68(52,11)12/h19-31,36-43H,32-35H2,1-18H3. The molecule has 0 radical (unpaired) electrons. The Morgan fingerprint density at radius 2 is 0.851 bits per heavy atom. The number of benzene rings is 7. The second-order valence-electron chi connectivity index (χ2n) is 28.9. The molecule has 0 bridgehead atoms. The van der Waals surface area contributed by atoms with Gasteiger partial charge in [-0.2, -0.15) is 0 Å². The highest BCUT2D eigenvalue weighted by molar-refractivity contribution is 7.00. The predicted molar refractivity (Wildman–Crippen MR) is 323 cm³/mol. The molecule has 2 aliphatic carbocycles. The summed E-state index contributed by atoms with van der Waals surface area (Å²) in [4.78, 5) is 5.44. The van der Waals surface area contributed by atoms with Crippen molar-refractivity contribution in [3.63, 3.8) is 0 Å². The first-order valence-electron chi connectivity index (χ1n) is 28.0. The molecule has 2 aliphatic heterocycles. The Morgan fingerprint density at radius 1 is 0.365 bits per heavy atom. The molecule has 0 spiro atoms. The summed E-state index contributed by atoms with van der Waals surface area (Å²) in [6, 6.07) is 51.2. The van der Waals surface area contributed by atoms with Crippen molar-refractivity contribution >= 4 is 57.2 Å². The SMILES string of the molecule is Cc1ccc(-c2ccccc2)cc1N1c2cc(C(C)(C)C)ccc2B2c3cc4c(cc3N(c3ccc(C(C)(C)C)cc3-c3ccc5c(c3)C(C)(C)CCC5(C)C)c3cc(C(C)(C)C)cc1c32)C(C)(C)CCC4(C)C. The zero-order valence-electron chi connectivity index (χ0n) is 48.4. The first kappa shape index (κ1) is 50.4. The lowest BCUT2D eigenvalue weighted by Gasteiger charge is -2.48. The Hall–Kier alpha value is -5.80. The molecular weight excluding hydrogens is 892 g/mol. The molecule has 0 aromatic heterocycles. The van der Waals surface area contributed by atoms with Gasteiger partial charge in [0.15, 0.2) is 0 Å². The van der Waals surface area contributed by atoms with Gasteiger partial charge in [0.2, 0.25) is 0 Å². The highest BCUT2D eigenvalue weighted by Crippen LogP contribution is 2.54. The Kier molecular flexibility index (Phi) is 11.3. The molecule has 0 atom stereocenters. The quantitative estimate of drug-likeness (QED) is 0.162. The van der Waals surface area contributed by atoms with Crippen molar-refractivity contribution in [3.8, 4) is 22.3 Å². The normalized spacial score (nSPS) is 18.0. The minimum Gasteiger partial charge on any atom is -0.311 e. The number of aryl methyl sites for hydroxylation is 1. The smallest absolute Gasteiger partial charge is 0.252 e. The van der Waals surface area contributed by atoms with E-state index >= 15 is 0 Å². The molecule has 74 heavy (non-hydrogen) atoms. The molecule has 3 heteroatoms. The van der Waals surface area contributed by atoms with Crippen LogP contribution in [0.15, 0.2) is 127 Å². The van der Waals surface area contributed by atoms with E-state index in [-0.39, 0.29) is 44.6 Å². The fourth-order valence-electron chi connectivity index (χ4n) is 13.3. The highest BCUT2D eigenvalue weighted by Gasteiger charge is 2.48. The minimum absolute atomic E-state index is 0.00774. The maximum atomic E-state index is 2.76. The molecule has 0 amide bonds. The highest BCUT2D eigenvalue weighted by atomic mass is 15.2. The third-order valence-electron chi connectivity index (χ3n) is 18.6. The number of hydrogen-bond donors (Lipinski definition) is 0. The van der Waals surface area contributed by atoms with Crippen LogP contribution in [0.25, 0.3) is 22.3 Å². The molecular formula is C71H83BN2. The van der Waals surface area contributed by atoms with Crippen molar-refractivity contribution < 1.29 is 0 Å². The number of nitrogens with zero attached hydrogens (tertiary/aromatic N) is 2. The molecule has 11 rings (SSSR count). The zero-order valence-corrected chi connectivity index (χ0v) is 48.4. The van der Waals surface area contributed by atoms with Gasteiger partial charge in [-0.1, -0.05) is 203 Å². The Balaban J connectivity index is 1.30. The summed E-state index contributed by atoms with van der Waals surface area (Å²) in [5.74, 6) is 0.